The second-order valence-electron chi connectivity index (χ2n) is 5.74. The maximum Gasteiger partial charge on any atom is 0.191 e. The number of phenolic OH excluding ortho intramolecular Hbond substituents is 1. The summed E-state index contributed by atoms with van der Waals surface area (Å²) >= 11 is 0. The van der Waals surface area contributed by atoms with E-state index in [1.807, 2.05) is 26.0 Å². The number of hydrogen-bond acceptors (Lipinski definition) is 2. The van der Waals surface area contributed by atoms with E-state index in [2.05, 4.69) is 29.5 Å². The monoisotopic (exact) mass is 275 g/mol. The minimum Gasteiger partial charge on any atom is -0.507 e. The van der Waals surface area contributed by atoms with Crippen LogP contribution in [0.25, 0.3) is 0 Å². The van der Waals surface area contributed by atoms with Gasteiger partial charge in [0.25, 0.3) is 0 Å². The van der Waals surface area contributed by atoms with Gasteiger partial charge in [-0.2, -0.15) is 0 Å². The molecule has 20 heavy (non-hydrogen) atoms. The first kappa shape index (κ1) is 14.7. The molecule has 1 aromatic carbocycles. The van der Waals surface area contributed by atoms with Gasteiger partial charge in [-0.25, -0.2) is 4.99 Å². The van der Waals surface area contributed by atoms with Gasteiger partial charge in [0.15, 0.2) is 5.96 Å². The largest absolute Gasteiger partial charge is 0.507 e. The molecule has 2 unspecified atom stereocenters. The van der Waals surface area contributed by atoms with Crippen LogP contribution in [-0.2, 0) is 6.54 Å². The van der Waals surface area contributed by atoms with Crippen LogP contribution in [-0.4, -0.2) is 23.7 Å². The second kappa shape index (κ2) is 6.16. The van der Waals surface area contributed by atoms with Crippen LogP contribution in [0.1, 0.15) is 37.0 Å². The number of nitrogens with zero attached hydrogens (tertiary/aromatic N) is 1. The number of rotatable bonds is 4. The molecule has 1 fully saturated rings. The van der Waals surface area contributed by atoms with E-state index in [1.54, 1.807) is 0 Å². The van der Waals surface area contributed by atoms with Crippen LogP contribution >= 0.6 is 0 Å². The van der Waals surface area contributed by atoms with Gasteiger partial charge in [-0.15, -0.1) is 0 Å². The molecule has 1 aliphatic carbocycles. The highest BCUT2D eigenvalue weighted by molar-refractivity contribution is 5.80. The Hall–Kier alpha value is -1.71. The highest BCUT2D eigenvalue weighted by Gasteiger charge is 2.33. The fourth-order valence-corrected chi connectivity index (χ4v) is 2.33. The lowest BCUT2D eigenvalue weighted by Gasteiger charge is -2.11. The molecular weight excluding hydrogens is 250 g/mol. The summed E-state index contributed by atoms with van der Waals surface area (Å²) in [4.78, 5) is 4.62. The van der Waals surface area contributed by atoms with Crippen LogP contribution < -0.4 is 10.6 Å². The number of aliphatic imine (C=N–C) groups is 1. The number of benzene rings is 1. The lowest BCUT2D eigenvalue weighted by Crippen LogP contribution is -2.39. The normalized spacial score (nSPS) is 21.7. The third-order valence-corrected chi connectivity index (χ3v) is 3.75. The van der Waals surface area contributed by atoms with Crippen molar-refractivity contribution in [3.8, 4) is 5.75 Å². The molecule has 1 aliphatic rings. The standard InChI is InChI=1S/C16H25N3O/c1-5-17-16(19-14-8-10(14)2)18-9-13-6-11(3)15(20)12(4)7-13/h6-7,10,14,20H,5,8-9H2,1-4H3,(H2,17,18,19). The van der Waals surface area contributed by atoms with Crippen LogP contribution in [0.5, 0.6) is 5.75 Å². The molecule has 0 bridgehead atoms. The molecule has 0 aliphatic heterocycles. The van der Waals surface area contributed by atoms with Gasteiger partial charge in [-0.1, -0.05) is 19.1 Å². The van der Waals surface area contributed by atoms with Gasteiger partial charge in [-0.05, 0) is 49.8 Å². The summed E-state index contributed by atoms with van der Waals surface area (Å²) in [7, 11) is 0. The molecule has 110 valence electrons. The van der Waals surface area contributed by atoms with E-state index in [0.717, 1.165) is 35.1 Å². The number of phenols is 1. The van der Waals surface area contributed by atoms with Gasteiger partial charge in [-0.3, -0.25) is 0 Å². The first-order valence-electron chi connectivity index (χ1n) is 7.35. The van der Waals surface area contributed by atoms with Crippen molar-refractivity contribution in [2.75, 3.05) is 6.54 Å². The summed E-state index contributed by atoms with van der Waals surface area (Å²) in [6, 6.07) is 4.56. The third kappa shape index (κ3) is 3.65. The molecule has 0 radical (unpaired) electrons. The second-order valence-corrected chi connectivity index (χ2v) is 5.74. The van der Waals surface area contributed by atoms with Gasteiger partial charge in [0.2, 0.25) is 0 Å². The smallest absolute Gasteiger partial charge is 0.191 e. The fraction of sp³-hybridized carbons (Fsp3) is 0.562. The Morgan fingerprint density at radius 3 is 2.45 bits per heavy atom. The van der Waals surface area contributed by atoms with Gasteiger partial charge in [0.05, 0.1) is 6.54 Å². The third-order valence-electron chi connectivity index (χ3n) is 3.75. The Morgan fingerprint density at radius 2 is 1.95 bits per heavy atom. The molecule has 4 nitrogen and oxygen atoms in total. The first-order valence-corrected chi connectivity index (χ1v) is 7.35. The molecule has 1 saturated carbocycles. The molecule has 0 spiro atoms. The zero-order chi connectivity index (χ0) is 14.7. The fourth-order valence-electron chi connectivity index (χ4n) is 2.33. The van der Waals surface area contributed by atoms with Crippen LogP contribution in [0.3, 0.4) is 0 Å². The van der Waals surface area contributed by atoms with Crippen molar-refractivity contribution in [3.63, 3.8) is 0 Å². The topological polar surface area (TPSA) is 56.7 Å². The van der Waals surface area contributed by atoms with Crippen LogP contribution in [0.15, 0.2) is 17.1 Å². The van der Waals surface area contributed by atoms with E-state index in [4.69, 9.17) is 0 Å². The van der Waals surface area contributed by atoms with Crippen molar-refractivity contribution in [1.29, 1.82) is 0 Å². The van der Waals surface area contributed by atoms with Gasteiger partial charge in [0.1, 0.15) is 5.75 Å². The molecular formula is C16H25N3O. The summed E-state index contributed by atoms with van der Waals surface area (Å²) < 4.78 is 0. The highest BCUT2D eigenvalue weighted by atomic mass is 16.3. The number of guanidine groups is 1. The summed E-state index contributed by atoms with van der Waals surface area (Å²) in [5.41, 5.74) is 2.94. The highest BCUT2D eigenvalue weighted by Crippen LogP contribution is 2.28. The maximum absolute atomic E-state index is 9.79. The van der Waals surface area contributed by atoms with Crippen molar-refractivity contribution in [2.45, 2.75) is 46.7 Å². The molecule has 0 amide bonds. The van der Waals surface area contributed by atoms with Crippen molar-refractivity contribution >= 4 is 5.96 Å². The predicted octanol–water partition coefficient (Wildman–Crippen LogP) is 2.47. The molecule has 2 atom stereocenters. The van der Waals surface area contributed by atoms with E-state index >= 15 is 0 Å². The first-order chi connectivity index (χ1) is 9.51. The Kier molecular flexibility index (Phi) is 4.53. The molecule has 0 saturated heterocycles. The lowest BCUT2D eigenvalue weighted by atomic mass is 10.1. The van der Waals surface area contributed by atoms with E-state index in [0.29, 0.717) is 18.3 Å². The van der Waals surface area contributed by atoms with Crippen LogP contribution in [0.4, 0.5) is 0 Å². The summed E-state index contributed by atoms with van der Waals surface area (Å²) in [6.45, 7) is 9.64. The van der Waals surface area contributed by atoms with Gasteiger partial charge in [0, 0.05) is 12.6 Å². The Morgan fingerprint density at radius 1 is 1.35 bits per heavy atom. The lowest BCUT2D eigenvalue weighted by molar-refractivity contribution is 0.466. The van der Waals surface area contributed by atoms with E-state index in [1.165, 1.54) is 6.42 Å². The zero-order valence-electron chi connectivity index (χ0n) is 12.8. The predicted molar refractivity (Wildman–Crippen MR) is 83.1 cm³/mol. The molecule has 0 heterocycles. The quantitative estimate of drug-likeness (QED) is 0.584. The van der Waals surface area contributed by atoms with Crippen molar-refractivity contribution in [3.05, 3.63) is 28.8 Å². The molecule has 3 N–H and O–H groups in total. The van der Waals surface area contributed by atoms with Gasteiger partial charge < -0.3 is 15.7 Å². The molecule has 1 aromatic rings. The number of hydrogen-bond donors (Lipinski definition) is 3. The SMILES string of the molecule is CCNC(=NCc1cc(C)c(O)c(C)c1)NC1CC1C. The number of nitrogens with one attached hydrogen (secondary N) is 2. The summed E-state index contributed by atoms with van der Waals surface area (Å²) in [5, 5.41) is 16.5. The minimum absolute atomic E-state index is 0.384. The van der Waals surface area contributed by atoms with Crippen LogP contribution in [0.2, 0.25) is 0 Å². The molecule has 2 rings (SSSR count). The average molecular weight is 275 g/mol. The number of aryl methyl sites for hydroxylation is 2. The average Bonchev–Trinajstić information content (AvgIpc) is 3.08. The summed E-state index contributed by atoms with van der Waals surface area (Å²) in [5.74, 6) is 2.01. The van der Waals surface area contributed by atoms with Crippen molar-refractivity contribution in [1.82, 2.24) is 10.6 Å². The van der Waals surface area contributed by atoms with Crippen molar-refractivity contribution in [2.24, 2.45) is 10.9 Å². The van der Waals surface area contributed by atoms with Gasteiger partial charge >= 0.3 is 0 Å². The Bertz CT molecular complexity index is 487. The van der Waals surface area contributed by atoms with E-state index in [9.17, 15) is 5.11 Å². The minimum atomic E-state index is 0.384. The Labute approximate surface area is 121 Å². The Balaban J connectivity index is 2.04. The maximum atomic E-state index is 9.79. The molecule has 0 aromatic heterocycles. The molecule has 4 heteroatoms. The van der Waals surface area contributed by atoms with E-state index < -0.39 is 0 Å². The zero-order valence-corrected chi connectivity index (χ0v) is 12.8. The van der Waals surface area contributed by atoms with Crippen LogP contribution in [0, 0.1) is 19.8 Å². The summed E-state index contributed by atoms with van der Waals surface area (Å²) in [6.07, 6.45) is 1.22. The van der Waals surface area contributed by atoms with Crippen molar-refractivity contribution < 1.29 is 5.11 Å². The number of aromatic hydroxyl groups is 1. The van der Waals surface area contributed by atoms with E-state index in [-0.39, 0.29) is 0 Å².